The number of aromatic nitrogens is 1. The molecule has 2 heterocycles. The third-order valence-corrected chi connectivity index (χ3v) is 3.98. The van der Waals surface area contributed by atoms with Crippen LogP contribution in [-0.2, 0) is 16.0 Å². The van der Waals surface area contributed by atoms with Gasteiger partial charge in [0.25, 0.3) is 5.91 Å². The van der Waals surface area contributed by atoms with Crippen molar-refractivity contribution in [2.24, 2.45) is 0 Å². The first-order valence-corrected chi connectivity index (χ1v) is 7.55. The second-order valence-corrected chi connectivity index (χ2v) is 5.60. The Bertz CT molecular complexity index is 665. The minimum absolute atomic E-state index is 0.0342. The summed E-state index contributed by atoms with van der Waals surface area (Å²) in [6.45, 7) is 5.88. The molecule has 0 bridgehead atoms. The molecule has 0 saturated heterocycles. The molecule has 1 aliphatic rings. The monoisotopic (exact) mass is 302 g/mol. The Morgan fingerprint density at radius 2 is 2.09 bits per heavy atom. The van der Waals surface area contributed by atoms with Crippen LogP contribution in [0.15, 0.2) is 22.9 Å². The normalized spacial score (nSPS) is 16.5. The van der Waals surface area contributed by atoms with Gasteiger partial charge in [-0.3, -0.25) is 9.59 Å². The predicted octanol–water partition coefficient (Wildman–Crippen LogP) is 2.93. The highest BCUT2D eigenvalue weighted by molar-refractivity contribution is 6.00. The molecule has 1 aliphatic heterocycles. The molecule has 0 unspecified atom stereocenters. The van der Waals surface area contributed by atoms with Gasteiger partial charge >= 0.3 is 5.97 Å². The first-order chi connectivity index (χ1) is 10.4. The molecule has 2 rings (SSSR count). The molecule has 0 spiro atoms. The lowest BCUT2D eigenvalue weighted by Crippen LogP contribution is -2.15. The number of carbonyl (C=O) groups excluding carboxylic acids is 1. The summed E-state index contributed by atoms with van der Waals surface area (Å²) in [4.78, 5) is 25.6. The van der Waals surface area contributed by atoms with Crippen LogP contribution < -0.4 is 5.32 Å². The van der Waals surface area contributed by atoms with E-state index in [-0.39, 0.29) is 12.3 Å². The van der Waals surface area contributed by atoms with Crippen LogP contribution in [0, 0.1) is 6.92 Å². The van der Waals surface area contributed by atoms with Gasteiger partial charge in [0.15, 0.2) is 0 Å². The topological polar surface area (TPSA) is 82.2 Å². The molecule has 0 radical (unpaired) electrons. The Labute approximate surface area is 130 Å². The SMILES string of the molecule is CCC1=C(C)C(=O)N/C1=C\c1cc(C)c(CCCC(=O)O)[nH]1. The number of carbonyl (C=O) groups is 2. The standard InChI is InChI=1S/C17H22N2O3/c1-4-13-11(3)17(22)19-15(13)9-12-8-10(2)14(18-12)6-5-7-16(20)21/h8-9,18H,4-7H2,1-3H3,(H,19,22)(H,20,21)/b15-9-. The molecule has 118 valence electrons. The van der Waals surface area contributed by atoms with Gasteiger partial charge in [0.2, 0.25) is 0 Å². The number of rotatable bonds is 6. The van der Waals surface area contributed by atoms with Gasteiger partial charge in [-0.05, 0) is 56.4 Å². The number of nitrogens with one attached hydrogen (secondary N) is 2. The van der Waals surface area contributed by atoms with Crippen molar-refractivity contribution in [1.29, 1.82) is 0 Å². The molecule has 1 aromatic rings. The molecular weight excluding hydrogens is 280 g/mol. The van der Waals surface area contributed by atoms with Gasteiger partial charge in [-0.25, -0.2) is 0 Å². The number of allylic oxidation sites excluding steroid dienone is 1. The summed E-state index contributed by atoms with van der Waals surface area (Å²) < 4.78 is 0. The van der Waals surface area contributed by atoms with E-state index in [9.17, 15) is 9.59 Å². The number of aromatic amines is 1. The van der Waals surface area contributed by atoms with Crippen LogP contribution in [0.2, 0.25) is 0 Å². The molecular formula is C17H22N2O3. The fourth-order valence-corrected chi connectivity index (χ4v) is 2.75. The van der Waals surface area contributed by atoms with Gasteiger partial charge in [-0.1, -0.05) is 6.92 Å². The van der Waals surface area contributed by atoms with E-state index in [0.717, 1.165) is 40.2 Å². The lowest BCUT2D eigenvalue weighted by Gasteiger charge is -2.02. The maximum atomic E-state index is 11.7. The maximum Gasteiger partial charge on any atom is 0.303 e. The summed E-state index contributed by atoms with van der Waals surface area (Å²) in [6, 6.07) is 2.02. The van der Waals surface area contributed by atoms with E-state index >= 15 is 0 Å². The fraction of sp³-hybridized carbons (Fsp3) is 0.412. The van der Waals surface area contributed by atoms with E-state index in [2.05, 4.69) is 10.3 Å². The molecule has 0 saturated carbocycles. The van der Waals surface area contributed by atoms with Crippen LogP contribution in [-0.4, -0.2) is 22.0 Å². The second-order valence-electron chi connectivity index (χ2n) is 5.60. The van der Waals surface area contributed by atoms with Crippen molar-refractivity contribution in [1.82, 2.24) is 10.3 Å². The molecule has 0 aromatic carbocycles. The zero-order valence-corrected chi connectivity index (χ0v) is 13.2. The van der Waals surface area contributed by atoms with Crippen molar-refractivity contribution in [3.05, 3.63) is 39.9 Å². The smallest absolute Gasteiger partial charge is 0.303 e. The molecule has 0 atom stereocenters. The van der Waals surface area contributed by atoms with Crippen LogP contribution in [0.1, 0.15) is 50.1 Å². The summed E-state index contributed by atoms with van der Waals surface area (Å²) >= 11 is 0. The Morgan fingerprint density at radius 3 is 2.73 bits per heavy atom. The fourth-order valence-electron chi connectivity index (χ4n) is 2.75. The number of carboxylic acids is 1. The maximum absolute atomic E-state index is 11.7. The predicted molar refractivity (Wildman–Crippen MR) is 85.2 cm³/mol. The Kier molecular flexibility index (Phi) is 4.85. The number of hydrogen-bond acceptors (Lipinski definition) is 2. The third kappa shape index (κ3) is 3.47. The van der Waals surface area contributed by atoms with Crippen LogP contribution in [0.4, 0.5) is 0 Å². The van der Waals surface area contributed by atoms with E-state index in [0.29, 0.717) is 12.8 Å². The number of hydrogen-bond donors (Lipinski definition) is 3. The highest BCUT2D eigenvalue weighted by Gasteiger charge is 2.22. The molecule has 22 heavy (non-hydrogen) atoms. The minimum Gasteiger partial charge on any atom is -0.481 e. The molecule has 5 heteroatoms. The van der Waals surface area contributed by atoms with Crippen molar-refractivity contribution in [2.75, 3.05) is 0 Å². The van der Waals surface area contributed by atoms with E-state index in [1.165, 1.54) is 0 Å². The number of amides is 1. The Hall–Kier alpha value is -2.30. The van der Waals surface area contributed by atoms with Crippen LogP contribution in [0.5, 0.6) is 0 Å². The second kappa shape index (κ2) is 6.64. The minimum atomic E-state index is -0.770. The average molecular weight is 302 g/mol. The molecule has 1 aromatic heterocycles. The van der Waals surface area contributed by atoms with Gasteiger partial charge in [-0.15, -0.1) is 0 Å². The third-order valence-electron chi connectivity index (χ3n) is 3.98. The highest BCUT2D eigenvalue weighted by atomic mass is 16.4. The summed E-state index contributed by atoms with van der Waals surface area (Å²) in [5, 5.41) is 11.6. The summed E-state index contributed by atoms with van der Waals surface area (Å²) in [5.74, 6) is -0.804. The zero-order valence-electron chi connectivity index (χ0n) is 13.2. The first kappa shape index (κ1) is 16.1. The number of aliphatic carboxylic acids is 1. The largest absolute Gasteiger partial charge is 0.481 e. The van der Waals surface area contributed by atoms with Gasteiger partial charge in [0, 0.05) is 29.1 Å². The lowest BCUT2D eigenvalue weighted by molar-refractivity contribution is -0.137. The van der Waals surface area contributed by atoms with E-state index in [4.69, 9.17) is 5.11 Å². The Morgan fingerprint density at radius 1 is 1.36 bits per heavy atom. The van der Waals surface area contributed by atoms with Gasteiger partial charge in [-0.2, -0.15) is 0 Å². The van der Waals surface area contributed by atoms with Crippen LogP contribution in [0.3, 0.4) is 0 Å². The molecule has 3 N–H and O–H groups in total. The van der Waals surface area contributed by atoms with Crippen molar-refractivity contribution in [2.45, 2.75) is 46.5 Å². The summed E-state index contributed by atoms with van der Waals surface area (Å²) in [7, 11) is 0. The molecule has 1 amide bonds. The number of H-pyrrole nitrogens is 1. The van der Waals surface area contributed by atoms with Crippen molar-refractivity contribution in [3.63, 3.8) is 0 Å². The van der Waals surface area contributed by atoms with Crippen molar-refractivity contribution >= 4 is 18.0 Å². The number of aryl methyl sites for hydroxylation is 2. The molecule has 0 fully saturated rings. The van der Waals surface area contributed by atoms with Crippen molar-refractivity contribution < 1.29 is 14.7 Å². The van der Waals surface area contributed by atoms with Gasteiger partial charge < -0.3 is 15.4 Å². The van der Waals surface area contributed by atoms with Gasteiger partial charge in [0.05, 0.1) is 0 Å². The van der Waals surface area contributed by atoms with Crippen LogP contribution in [0.25, 0.3) is 6.08 Å². The highest BCUT2D eigenvalue weighted by Crippen LogP contribution is 2.25. The summed E-state index contributed by atoms with van der Waals surface area (Å²) in [6.07, 6.45) is 4.25. The van der Waals surface area contributed by atoms with E-state index < -0.39 is 5.97 Å². The lowest BCUT2D eigenvalue weighted by atomic mass is 10.1. The zero-order chi connectivity index (χ0) is 16.3. The van der Waals surface area contributed by atoms with Gasteiger partial charge in [0.1, 0.15) is 0 Å². The average Bonchev–Trinajstić information content (AvgIpc) is 2.91. The molecule has 5 nitrogen and oxygen atoms in total. The summed E-state index contributed by atoms with van der Waals surface area (Å²) in [5.41, 5.74) is 5.77. The van der Waals surface area contributed by atoms with E-state index in [1.807, 2.05) is 32.9 Å². The van der Waals surface area contributed by atoms with Crippen LogP contribution >= 0.6 is 0 Å². The first-order valence-electron chi connectivity index (χ1n) is 7.55. The quantitative estimate of drug-likeness (QED) is 0.755. The molecule has 0 aliphatic carbocycles. The number of carboxylic acid groups (broad SMARTS) is 1. The van der Waals surface area contributed by atoms with E-state index in [1.54, 1.807) is 0 Å². The van der Waals surface area contributed by atoms with Crippen molar-refractivity contribution in [3.8, 4) is 0 Å². The Balaban J connectivity index is 2.16.